The van der Waals surface area contributed by atoms with Crippen LogP contribution >= 0.6 is 11.6 Å². The summed E-state index contributed by atoms with van der Waals surface area (Å²) >= 11 is 5.90. The van der Waals surface area contributed by atoms with Gasteiger partial charge in [-0.1, -0.05) is 49.9 Å². The lowest BCUT2D eigenvalue weighted by Crippen LogP contribution is -2.25. The lowest BCUT2D eigenvalue weighted by molar-refractivity contribution is 0.240. The van der Waals surface area contributed by atoms with Gasteiger partial charge in [-0.25, -0.2) is 0 Å². The second-order valence-corrected chi connectivity index (χ2v) is 5.70. The molecule has 1 aliphatic rings. The summed E-state index contributed by atoms with van der Waals surface area (Å²) in [5, 5.41) is 0.788. The van der Waals surface area contributed by atoms with Gasteiger partial charge < -0.3 is 5.73 Å². The predicted molar refractivity (Wildman–Crippen MR) is 74.1 cm³/mol. The summed E-state index contributed by atoms with van der Waals surface area (Å²) in [6, 6.07) is 8.20. The standard InChI is InChI=1S/C15H22ClN/c1-2-11-3-5-12(6-4-11)15(17)13-7-9-14(16)10-8-13/h7-12,15H,2-6,17H2,1H3. The van der Waals surface area contributed by atoms with Crippen molar-refractivity contribution in [1.82, 2.24) is 0 Å². The van der Waals surface area contributed by atoms with Crippen LogP contribution in [0, 0.1) is 11.8 Å². The van der Waals surface area contributed by atoms with Gasteiger partial charge in [-0.15, -0.1) is 0 Å². The number of halogens is 1. The summed E-state index contributed by atoms with van der Waals surface area (Å²) in [7, 11) is 0. The first-order valence-corrected chi connectivity index (χ1v) is 7.09. The Kier molecular flexibility index (Phi) is 4.47. The molecule has 0 aromatic heterocycles. The molecule has 1 aromatic carbocycles. The zero-order chi connectivity index (χ0) is 12.3. The second kappa shape index (κ2) is 5.88. The number of benzene rings is 1. The van der Waals surface area contributed by atoms with Crippen LogP contribution in [0.2, 0.25) is 5.02 Å². The van der Waals surface area contributed by atoms with Gasteiger partial charge in [-0.2, -0.15) is 0 Å². The Bertz CT molecular complexity index is 338. The number of hydrogen-bond acceptors (Lipinski definition) is 1. The highest BCUT2D eigenvalue weighted by atomic mass is 35.5. The minimum absolute atomic E-state index is 0.185. The molecular weight excluding hydrogens is 230 g/mol. The molecule has 1 fully saturated rings. The lowest BCUT2D eigenvalue weighted by Gasteiger charge is -2.32. The smallest absolute Gasteiger partial charge is 0.0406 e. The first-order chi connectivity index (χ1) is 8.20. The van der Waals surface area contributed by atoms with Crippen LogP contribution in [0.1, 0.15) is 50.6 Å². The van der Waals surface area contributed by atoms with E-state index in [9.17, 15) is 0 Å². The molecule has 0 bridgehead atoms. The van der Waals surface area contributed by atoms with E-state index in [1.54, 1.807) is 0 Å². The molecule has 1 saturated carbocycles. The molecule has 0 heterocycles. The summed E-state index contributed by atoms with van der Waals surface area (Å²) in [6.45, 7) is 2.30. The van der Waals surface area contributed by atoms with Crippen LogP contribution in [0.5, 0.6) is 0 Å². The minimum Gasteiger partial charge on any atom is -0.324 e. The Hall–Kier alpha value is -0.530. The first-order valence-electron chi connectivity index (χ1n) is 6.71. The molecule has 0 saturated heterocycles. The SMILES string of the molecule is CCC1CCC(C(N)c2ccc(Cl)cc2)CC1. The van der Waals surface area contributed by atoms with Gasteiger partial charge in [0.2, 0.25) is 0 Å². The van der Waals surface area contributed by atoms with Gasteiger partial charge in [0.25, 0.3) is 0 Å². The van der Waals surface area contributed by atoms with Crippen LogP contribution in [-0.4, -0.2) is 0 Å². The maximum absolute atomic E-state index is 6.36. The van der Waals surface area contributed by atoms with E-state index in [2.05, 4.69) is 19.1 Å². The van der Waals surface area contributed by atoms with E-state index >= 15 is 0 Å². The molecule has 1 nitrogen and oxygen atoms in total. The monoisotopic (exact) mass is 251 g/mol. The molecule has 94 valence electrons. The fourth-order valence-corrected chi connectivity index (χ4v) is 3.04. The highest BCUT2D eigenvalue weighted by Gasteiger charge is 2.25. The van der Waals surface area contributed by atoms with Gasteiger partial charge >= 0.3 is 0 Å². The van der Waals surface area contributed by atoms with Gasteiger partial charge in [0.15, 0.2) is 0 Å². The summed E-state index contributed by atoms with van der Waals surface area (Å²) in [6.07, 6.45) is 6.58. The Balaban J connectivity index is 1.96. The topological polar surface area (TPSA) is 26.0 Å². The minimum atomic E-state index is 0.185. The van der Waals surface area contributed by atoms with E-state index in [1.165, 1.54) is 37.7 Å². The highest BCUT2D eigenvalue weighted by Crippen LogP contribution is 2.36. The van der Waals surface area contributed by atoms with Gasteiger partial charge in [-0.05, 0) is 42.4 Å². The lowest BCUT2D eigenvalue weighted by atomic mass is 9.76. The maximum atomic E-state index is 6.36. The second-order valence-electron chi connectivity index (χ2n) is 5.27. The third-order valence-corrected chi connectivity index (χ3v) is 4.48. The molecule has 0 amide bonds. The van der Waals surface area contributed by atoms with Crippen molar-refractivity contribution >= 4 is 11.6 Å². The summed E-state index contributed by atoms with van der Waals surface area (Å²) in [5.74, 6) is 1.59. The molecule has 1 atom stereocenters. The molecular formula is C15H22ClN. The molecule has 17 heavy (non-hydrogen) atoms. The fraction of sp³-hybridized carbons (Fsp3) is 0.600. The van der Waals surface area contributed by atoms with Crippen molar-refractivity contribution in [2.75, 3.05) is 0 Å². The summed E-state index contributed by atoms with van der Waals surface area (Å²) in [5.41, 5.74) is 7.59. The van der Waals surface area contributed by atoms with Crippen molar-refractivity contribution in [3.8, 4) is 0 Å². The van der Waals surface area contributed by atoms with Crippen LogP contribution in [-0.2, 0) is 0 Å². The maximum Gasteiger partial charge on any atom is 0.0406 e. The Labute approximate surface area is 109 Å². The summed E-state index contributed by atoms with van der Waals surface area (Å²) in [4.78, 5) is 0. The first kappa shape index (κ1) is 12.9. The molecule has 1 unspecified atom stereocenters. The van der Waals surface area contributed by atoms with Crippen molar-refractivity contribution in [2.24, 2.45) is 17.6 Å². The van der Waals surface area contributed by atoms with E-state index in [1.807, 2.05) is 12.1 Å². The third kappa shape index (κ3) is 3.23. The summed E-state index contributed by atoms with van der Waals surface area (Å²) < 4.78 is 0. The van der Waals surface area contributed by atoms with E-state index in [0.29, 0.717) is 5.92 Å². The van der Waals surface area contributed by atoms with Crippen LogP contribution in [0.15, 0.2) is 24.3 Å². The molecule has 0 spiro atoms. The molecule has 2 rings (SSSR count). The molecule has 2 N–H and O–H groups in total. The third-order valence-electron chi connectivity index (χ3n) is 4.23. The number of rotatable bonds is 3. The van der Waals surface area contributed by atoms with Crippen molar-refractivity contribution in [2.45, 2.75) is 45.1 Å². The van der Waals surface area contributed by atoms with E-state index in [0.717, 1.165) is 10.9 Å². The number of nitrogens with two attached hydrogens (primary N) is 1. The van der Waals surface area contributed by atoms with Crippen LogP contribution in [0.4, 0.5) is 0 Å². The van der Waals surface area contributed by atoms with Crippen molar-refractivity contribution in [3.63, 3.8) is 0 Å². The van der Waals surface area contributed by atoms with Crippen LogP contribution < -0.4 is 5.73 Å². The molecule has 0 radical (unpaired) electrons. The average Bonchev–Trinajstić information content (AvgIpc) is 2.39. The van der Waals surface area contributed by atoms with Gasteiger partial charge in [0.1, 0.15) is 0 Å². The molecule has 2 heteroatoms. The molecule has 0 aliphatic heterocycles. The van der Waals surface area contributed by atoms with Gasteiger partial charge in [0, 0.05) is 11.1 Å². The van der Waals surface area contributed by atoms with Crippen LogP contribution in [0.25, 0.3) is 0 Å². The van der Waals surface area contributed by atoms with Crippen LogP contribution in [0.3, 0.4) is 0 Å². The van der Waals surface area contributed by atoms with Gasteiger partial charge in [0.05, 0.1) is 0 Å². The van der Waals surface area contributed by atoms with Crippen molar-refractivity contribution in [3.05, 3.63) is 34.9 Å². The molecule has 1 aliphatic carbocycles. The number of hydrogen-bond donors (Lipinski definition) is 1. The van der Waals surface area contributed by atoms with Crippen molar-refractivity contribution < 1.29 is 0 Å². The highest BCUT2D eigenvalue weighted by molar-refractivity contribution is 6.30. The Morgan fingerprint density at radius 2 is 1.76 bits per heavy atom. The predicted octanol–water partition coefficient (Wildman–Crippen LogP) is 4.56. The van der Waals surface area contributed by atoms with Crippen molar-refractivity contribution in [1.29, 1.82) is 0 Å². The Morgan fingerprint density at radius 1 is 1.18 bits per heavy atom. The Morgan fingerprint density at radius 3 is 2.29 bits per heavy atom. The largest absolute Gasteiger partial charge is 0.324 e. The zero-order valence-corrected chi connectivity index (χ0v) is 11.3. The van der Waals surface area contributed by atoms with E-state index in [4.69, 9.17) is 17.3 Å². The zero-order valence-electron chi connectivity index (χ0n) is 10.5. The molecule has 1 aromatic rings. The van der Waals surface area contributed by atoms with Gasteiger partial charge in [-0.3, -0.25) is 0 Å². The van der Waals surface area contributed by atoms with E-state index in [-0.39, 0.29) is 6.04 Å². The van der Waals surface area contributed by atoms with E-state index < -0.39 is 0 Å². The average molecular weight is 252 g/mol. The normalized spacial score (nSPS) is 26.8. The quantitative estimate of drug-likeness (QED) is 0.838. The fourth-order valence-electron chi connectivity index (χ4n) is 2.91.